The highest BCUT2D eigenvalue weighted by Gasteiger charge is 2.12. The van der Waals surface area contributed by atoms with E-state index in [1.165, 1.54) is 0 Å². The smallest absolute Gasteiger partial charge is 0.0635 e. The Morgan fingerprint density at radius 2 is 2.07 bits per heavy atom. The second kappa shape index (κ2) is 5.38. The lowest BCUT2D eigenvalue weighted by atomic mass is 10.0. The fourth-order valence-electron chi connectivity index (χ4n) is 1.41. The monoisotopic (exact) mass is 227 g/mol. The molecule has 1 aromatic carbocycles. The predicted molar refractivity (Wildman–Crippen MR) is 65.5 cm³/mol. The van der Waals surface area contributed by atoms with E-state index in [2.05, 4.69) is 19.2 Å². The highest BCUT2D eigenvalue weighted by molar-refractivity contribution is 6.30. The van der Waals surface area contributed by atoms with E-state index in [1.54, 1.807) is 0 Å². The molecule has 2 N–H and O–H groups in total. The topological polar surface area (TPSA) is 32.3 Å². The van der Waals surface area contributed by atoms with Gasteiger partial charge in [0, 0.05) is 10.7 Å². The second-order valence-corrected chi connectivity index (χ2v) is 4.57. The van der Waals surface area contributed by atoms with Crippen LogP contribution in [0.3, 0.4) is 0 Å². The number of aryl methyl sites for hydroxylation is 1. The van der Waals surface area contributed by atoms with Gasteiger partial charge in [-0.25, -0.2) is 0 Å². The minimum Gasteiger partial charge on any atom is -0.394 e. The van der Waals surface area contributed by atoms with Crippen molar-refractivity contribution >= 4 is 17.3 Å². The van der Waals surface area contributed by atoms with E-state index in [0.717, 1.165) is 16.3 Å². The van der Waals surface area contributed by atoms with Crippen LogP contribution in [0.1, 0.15) is 19.4 Å². The van der Waals surface area contributed by atoms with Crippen LogP contribution >= 0.6 is 11.6 Å². The van der Waals surface area contributed by atoms with Gasteiger partial charge >= 0.3 is 0 Å². The molecule has 0 radical (unpaired) electrons. The average Bonchev–Trinajstić information content (AvgIpc) is 2.16. The summed E-state index contributed by atoms with van der Waals surface area (Å²) in [5.74, 6) is 0.394. The molecule has 0 heterocycles. The summed E-state index contributed by atoms with van der Waals surface area (Å²) in [6.07, 6.45) is 0. The largest absolute Gasteiger partial charge is 0.394 e. The lowest BCUT2D eigenvalue weighted by molar-refractivity contribution is 0.249. The third-order valence-corrected chi connectivity index (χ3v) is 2.77. The summed E-state index contributed by atoms with van der Waals surface area (Å²) in [5, 5.41) is 13.3. The van der Waals surface area contributed by atoms with Crippen LogP contribution in [0.4, 0.5) is 5.69 Å². The van der Waals surface area contributed by atoms with Crippen LogP contribution in [-0.4, -0.2) is 17.8 Å². The minimum atomic E-state index is 0.0878. The molecular weight excluding hydrogens is 210 g/mol. The number of hydrogen-bond acceptors (Lipinski definition) is 2. The zero-order valence-corrected chi connectivity index (χ0v) is 10.2. The van der Waals surface area contributed by atoms with Gasteiger partial charge in [0.05, 0.1) is 12.6 Å². The van der Waals surface area contributed by atoms with Crippen molar-refractivity contribution in [3.63, 3.8) is 0 Å². The first-order chi connectivity index (χ1) is 7.04. The van der Waals surface area contributed by atoms with E-state index in [-0.39, 0.29) is 12.6 Å². The first-order valence-electron chi connectivity index (χ1n) is 5.18. The Morgan fingerprint density at radius 3 is 2.53 bits per heavy atom. The number of aliphatic hydroxyl groups is 1. The first-order valence-corrected chi connectivity index (χ1v) is 5.56. The molecule has 0 amide bonds. The van der Waals surface area contributed by atoms with Crippen molar-refractivity contribution in [2.45, 2.75) is 26.8 Å². The van der Waals surface area contributed by atoms with Gasteiger partial charge in [0.25, 0.3) is 0 Å². The van der Waals surface area contributed by atoms with Gasteiger partial charge in [-0.3, -0.25) is 0 Å². The van der Waals surface area contributed by atoms with E-state index in [4.69, 9.17) is 11.6 Å². The van der Waals surface area contributed by atoms with Gasteiger partial charge in [-0.05, 0) is 36.6 Å². The molecule has 0 aliphatic rings. The first kappa shape index (κ1) is 12.3. The van der Waals surface area contributed by atoms with Crippen molar-refractivity contribution in [2.75, 3.05) is 11.9 Å². The van der Waals surface area contributed by atoms with Crippen LogP contribution in [0, 0.1) is 12.8 Å². The lowest BCUT2D eigenvalue weighted by Crippen LogP contribution is -2.29. The molecule has 0 saturated heterocycles. The molecule has 15 heavy (non-hydrogen) atoms. The lowest BCUT2D eigenvalue weighted by Gasteiger charge is -2.22. The number of aliphatic hydroxyl groups excluding tert-OH is 1. The van der Waals surface area contributed by atoms with Crippen molar-refractivity contribution in [3.05, 3.63) is 28.8 Å². The zero-order valence-electron chi connectivity index (χ0n) is 9.42. The van der Waals surface area contributed by atoms with Crippen LogP contribution in [0.5, 0.6) is 0 Å². The van der Waals surface area contributed by atoms with Crippen molar-refractivity contribution in [3.8, 4) is 0 Å². The van der Waals surface area contributed by atoms with Crippen molar-refractivity contribution < 1.29 is 5.11 Å². The predicted octanol–water partition coefficient (Wildman–Crippen LogP) is 3.08. The third kappa shape index (κ3) is 3.40. The van der Waals surface area contributed by atoms with Gasteiger partial charge in [0.1, 0.15) is 0 Å². The molecule has 0 aromatic heterocycles. The molecule has 0 saturated carbocycles. The average molecular weight is 228 g/mol. The zero-order chi connectivity index (χ0) is 11.4. The Balaban J connectivity index is 2.79. The van der Waals surface area contributed by atoms with Gasteiger partial charge in [-0.2, -0.15) is 0 Å². The standard InChI is InChI=1S/C12H18ClNO/c1-8(2)12(7-15)14-11-5-4-10(13)6-9(11)3/h4-6,8,12,14-15H,7H2,1-3H3. The Hall–Kier alpha value is -0.730. The summed E-state index contributed by atoms with van der Waals surface area (Å²) in [5.41, 5.74) is 2.13. The normalized spacial score (nSPS) is 12.9. The van der Waals surface area contributed by atoms with Crippen LogP contribution < -0.4 is 5.32 Å². The summed E-state index contributed by atoms with van der Waals surface area (Å²) in [6.45, 7) is 6.31. The van der Waals surface area contributed by atoms with E-state index >= 15 is 0 Å². The third-order valence-electron chi connectivity index (χ3n) is 2.53. The molecule has 1 atom stereocenters. The Morgan fingerprint density at radius 1 is 1.40 bits per heavy atom. The second-order valence-electron chi connectivity index (χ2n) is 4.14. The fraction of sp³-hybridized carbons (Fsp3) is 0.500. The molecule has 0 aliphatic carbocycles. The fourth-order valence-corrected chi connectivity index (χ4v) is 1.64. The van der Waals surface area contributed by atoms with Gasteiger partial charge in [-0.1, -0.05) is 25.4 Å². The molecule has 1 unspecified atom stereocenters. The summed E-state index contributed by atoms with van der Waals surface area (Å²) < 4.78 is 0. The quantitative estimate of drug-likeness (QED) is 0.829. The van der Waals surface area contributed by atoms with E-state index < -0.39 is 0 Å². The summed E-state index contributed by atoms with van der Waals surface area (Å²) in [7, 11) is 0. The molecule has 84 valence electrons. The van der Waals surface area contributed by atoms with Crippen LogP contribution in [0.25, 0.3) is 0 Å². The highest BCUT2D eigenvalue weighted by Crippen LogP contribution is 2.21. The molecule has 0 fully saturated rings. The highest BCUT2D eigenvalue weighted by atomic mass is 35.5. The van der Waals surface area contributed by atoms with Crippen LogP contribution in [0.15, 0.2) is 18.2 Å². The van der Waals surface area contributed by atoms with Crippen LogP contribution in [0.2, 0.25) is 5.02 Å². The maximum Gasteiger partial charge on any atom is 0.0635 e. The molecule has 3 heteroatoms. The van der Waals surface area contributed by atoms with Crippen LogP contribution in [-0.2, 0) is 0 Å². The molecule has 0 bridgehead atoms. The molecule has 0 aliphatic heterocycles. The molecule has 0 spiro atoms. The van der Waals surface area contributed by atoms with Gasteiger partial charge in [-0.15, -0.1) is 0 Å². The number of halogens is 1. The van der Waals surface area contributed by atoms with Crippen molar-refractivity contribution in [1.82, 2.24) is 0 Å². The molecular formula is C12H18ClNO. The maximum atomic E-state index is 9.21. The Kier molecular flexibility index (Phi) is 4.43. The number of benzene rings is 1. The Bertz CT molecular complexity index is 325. The van der Waals surface area contributed by atoms with E-state index in [9.17, 15) is 5.11 Å². The SMILES string of the molecule is Cc1cc(Cl)ccc1NC(CO)C(C)C. The van der Waals surface area contributed by atoms with Crippen molar-refractivity contribution in [2.24, 2.45) is 5.92 Å². The number of anilines is 1. The maximum absolute atomic E-state index is 9.21. The number of nitrogens with one attached hydrogen (secondary N) is 1. The molecule has 1 aromatic rings. The summed E-state index contributed by atoms with van der Waals surface area (Å²) in [4.78, 5) is 0. The number of rotatable bonds is 4. The molecule has 1 rings (SSSR count). The van der Waals surface area contributed by atoms with E-state index in [0.29, 0.717) is 5.92 Å². The minimum absolute atomic E-state index is 0.0878. The number of hydrogen-bond donors (Lipinski definition) is 2. The molecule has 2 nitrogen and oxygen atoms in total. The van der Waals surface area contributed by atoms with Gasteiger partial charge in [0.2, 0.25) is 0 Å². The van der Waals surface area contributed by atoms with Gasteiger partial charge in [0.15, 0.2) is 0 Å². The summed E-state index contributed by atoms with van der Waals surface area (Å²) >= 11 is 5.87. The Labute approximate surface area is 96.3 Å². The van der Waals surface area contributed by atoms with E-state index in [1.807, 2.05) is 25.1 Å². The van der Waals surface area contributed by atoms with Crippen molar-refractivity contribution in [1.29, 1.82) is 0 Å². The van der Waals surface area contributed by atoms with Gasteiger partial charge < -0.3 is 10.4 Å². The summed E-state index contributed by atoms with van der Waals surface area (Å²) in [6, 6.07) is 5.80.